The van der Waals surface area contributed by atoms with Gasteiger partial charge < -0.3 is 4.74 Å². The summed E-state index contributed by atoms with van der Waals surface area (Å²) >= 11 is 0. The summed E-state index contributed by atoms with van der Waals surface area (Å²) in [5.74, 6) is -1.65. The molecule has 1 aromatic rings. The number of rotatable bonds is 6. The van der Waals surface area contributed by atoms with E-state index in [1.165, 1.54) is 31.3 Å². The number of sulfonamides is 2. The first-order valence-corrected chi connectivity index (χ1v) is 8.98. The average molecular weight is 336 g/mol. The number of anilines is 1. The highest BCUT2D eigenvalue weighted by Gasteiger charge is 2.23. The maximum atomic E-state index is 12.0. The van der Waals surface area contributed by atoms with E-state index in [2.05, 4.69) is 4.74 Å². The fourth-order valence-corrected chi connectivity index (χ4v) is 2.99. The maximum absolute atomic E-state index is 12.0. The van der Waals surface area contributed by atoms with Crippen LogP contribution in [-0.4, -0.2) is 42.2 Å². The molecule has 0 unspecified atom stereocenters. The molecular formula is C11H16N2O6S2. The van der Waals surface area contributed by atoms with Crippen molar-refractivity contribution in [1.29, 1.82) is 0 Å². The SMILES string of the molecule is CCOC(=O)CS(=O)(=O)N(C)c1ccc(S(N)(=O)=O)cc1. The van der Waals surface area contributed by atoms with E-state index in [1.54, 1.807) is 6.92 Å². The molecule has 0 radical (unpaired) electrons. The van der Waals surface area contributed by atoms with Gasteiger partial charge in [0.25, 0.3) is 0 Å². The number of ether oxygens (including phenoxy) is 1. The molecule has 10 heteroatoms. The third-order valence-electron chi connectivity index (χ3n) is 2.55. The first-order valence-electron chi connectivity index (χ1n) is 5.83. The van der Waals surface area contributed by atoms with Crippen LogP contribution in [0.1, 0.15) is 6.92 Å². The molecule has 0 saturated carbocycles. The zero-order valence-electron chi connectivity index (χ0n) is 11.5. The molecule has 0 aromatic heterocycles. The quantitative estimate of drug-likeness (QED) is 0.709. The van der Waals surface area contributed by atoms with Crippen molar-refractivity contribution in [2.45, 2.75) is 11.8 Å². The number of hydrogen-bond donors (Lipinski definition) is 1. The van der Waals surface area contributed by atoms with Crippen LogP contribution in [0.15, 0.2) is 29.2 Å². The summed E-state index contributed by atoms with van der Waals surface area (Å²) in [6.45, 7) is 1.65. The highest BCUT2D eigenvalue weighted by molar-refractivity contribution is 7.93. The highest BCUT2D eigenvalue weighted by Crippen LogP contribution is 2.19. The third kappa shape index (κ3) is 4.69. The van der Waals surface area contributed by atoms with E-state index in [9.17, 15) is 21.6 Å². The number of nitrogens with two attached hydrogens (primary N) is 1. The van der Waals surface area contributed by atoms with Crippen molar-refractivity contribution in [3.63, 3.8) is 0 Å². The Hall–Kier alpha value is -1.65. The molecule has 0 amide bonds. The zero-order chi connectivity index (χ0) is 16.3. The third-order valence-corrected chi connectivity index (χ3v) is 5.13. The van der Waals surface area contributed by atoms with Crippen LogP contribution in [0.4, 0.5) is 5.69 Å². The second-order valence-electron chi connectivity index (χ2n) is 4.07. The lowest BCUT2D eigenvalue weighted by molar-refractivity contribution is -0.139. The molecule has 118 valence electrons. The predicted octanol–water partition coefficient (Wildman–Crippen LogP) is -0.337. The maximum Gasteiger partial charge on any atom is 0.323 e. The Bertz CT molecular complexity index is 710. The summed E-state index contributed by atoms with van der Waals surface area (Å²) in [6, 6.07) is 4.92. The van der Waals surface area contributed by atoms with Crippen molar-refractivity contribution >= 4 is 31.7 Å². The number of primary sulfonamides is 1. The number of benzene rings is 1. The molecule has 2 N–H and O–H groups in total. The second kappa shape index (κ2) is 6.41. The van der Waals surface area contributed by atoms with Gasteiger partial charge in [0.1, 0.15) is 0 Å². The van der Waals surface area contributed by atoms with E-state index in [4.69, 9.17) is 5.14 Å². The molecule has 0 fully saturated rings. The molecule has 0 atom stereocenters. The Morgan fingerprint density at radius 2 is 1.71 bits per heavy atom. The Morgan fingerprint density at radius 3 is 2.14 bits per heavy atom. The van der Waals surface area contributed by atoms with Gasteiger partial charge in [0.2, 0.25) is 20.0 Å². The van der Waals surface area contributed by atoms with Gasteiger partial charge in [-0.1, -0.05) is 0 Å². The van der Waals surface area contributed by atoms with Gasteiger partial charge in [-0.05, 0) is 31.2 Å². The van der Waals surface area contributed by atoms with Crippen LogP contribution in [0.5, 0.6) is 0 Å². The summed E-state index contributed by atoms with van der Waals surface area (Å²) in [4.78, 5) is 11.1. The second-order valence-corrected chi connectivity index (χ2v) is 7.63. The summed E-state index contributed by atoms with van der Waals surface area (Å²) in [7, 11) is -6.50. The fraction of sp³-hybridized carbons (Fsp3) is 0.364. The number of hydrogen-bond acceptors (Lipinski definition) is 6. The molecule has 1 aromatic carbocycles. The molecule has 0 aliphatic rings. The first kappa shape index (κ1) is 17.4. The molecule has 0 spiro atoms. The van der Waals surface area contributed by atoms with Crippen LogP contribution >= 0.6 is 0 Å². The average Bonchev–Trinajstić information content (AvgIpc) is 2.36. The number of carbonyl (C=O) groups excluding carboxylic acids is 1. The van der Waals surface area contributed by atoms with Gasteiger partial charge in [-0.3, -0.25) is 9.10 Å². The van der Waals surface area contributed by atoms with Gasteiger partial charge in [-0.2, -0.15) is 0 Å². The molecule has 0 aliphatic carbocycles. The van der Waals surface area contributed by atoms with Crippen LogP contribution in [0, 0.1) is 0 Å². The fourth-order valence-electron chi connectivity index (χ4n) is 1.45. The minimum atomic E-state index is -3.90. The predicted molar refractivity (Wildman–Crippen MR) is 76.6 cm³/mol. The first-order chi connectivity index (χ1) is 9.58. The largest absolute Gasteiger partial charge is 0.465 e. The number of carbonyl (C=O) groups is 1. The van der Waals surface area contributed by atoms with Crippen LogP contribution in [0.25, 0.3) is 0 Å². The van der Waals surface area contributed by atoms with Gasteiger partial charge in [-0.25, -0.2) is 22.0 Å². The van der Waals surface area contributed by atoms with Crippen LogP contribution in [-0.2, 0) is 29.6 Å². The van der Waals surface area contributed by atoms with Crippen LogP contribution < -0.4 is 9.44 Å². The van der Waals surface area contributed by atoms with E-state index in [-0.39, 0.29) is 17.2 Å². The summed E-state index contributed by atoms with van der Waals surface area (Å²) < 4.78 is 51.6. The lowest BCUT2D eigenvalue weighted by atomic mass is 10.3. The van der Waals surface area contributed by atoms with Crippen molar-refractivity contribution < 1.29 is 26.4 Å². The van der Waals surface area contributed by atoms with E-state index >= 15 is 0 Å². The van der Waals surface area contributed by atoms with Crippen molar-refractivity contribution in [2.24, 2.45) is 5.14 Å². The van der Waals surface area contributed by atoms with Crippen molar-refractivity contribution in [1.82, 2.24) is 0 Å². The van der Waals surface area contributed by atoms with E-state index in [0.29, 0.717) is 0 Å². The van der Waals surface area contributed by atoms with E-state index in [0.717, 1.165) is 4.31 Å². The van der Waals surface area contributed by atoms with Gasteiger partial charge in [-0.15, -0.1) is 0 Å². The molecule has 0 aliphatic heterocycles. The minimum absolute atomic E-state index is 0.0844. The normalized spacial score (nSPS) is 12.0. The summed E-state index contributed by atoms with van der Waals surface area (Å²) in [6.07, 6.45) is 0. The van der Waals surface area contributed by atoms with E-state index < -0.39 is 31.8 Å². The van der Waals surface area contributed by atoms with Gasteiger partial charge in [0, 0.05) is 7.05 Å². The molecular weight excluding hydrogens is 320 g/mol. The zero-order valence-corrected chi connectivity index (χ0v) is 13.1. The Morgan fingerprint density at radius 1 is 1.19 bits per heavy atom. The summed E-state index contributed by atoms with van der Waals surface area (Å²) in [5, 5.41) is 4.95. The summed E-state index contributed by atoms with van der Waals surface area (Å²) in [5.41, 5.74) is 0.201. The Balaban J connectivity index is 2.97. The minimum Gasteiger partial charge on any atom is -0.465 e. The van der Waals surface area contributed by atoms with Gasteiger partial charge in [0.15, 0.2) is 5.75 Å². The lowest BCUT2D eigenvalue weighted by Gasteiger charge is -2.19. The number of esters is 1. The topological polar surface area (TPSA) is 124 Å². The van der Waals surface area contributed by atoms with Crippen molar-refractivity contribution in [3.05, 3.63) is 24.3 Å². The highest BCUT2D eigenvalue weighted by atomic mass is 32.2. The van der Waals surface area contributed by atoms with Crippen LogP contribution in [0.2, 0.25) is 0 Å². The molecule has 1 rings (SSSR count). The van der Waals surface area contributed by atoms with E-state index in [1.807, 2.05) is 0 Å². The molecule has 0 bridgehead atoms. The van der Waals surface area contributed by atoms with Gasteiger partial charge in [0.05, 0.1) is 17.2 Å². The Kier molecular flexibility index (Phi) is 5.31. The Labute approximate surface area is 123 Å². The number of nitrogens with zero attached hydrogens (tertiary/aromatic N) is 1. The molecule has 8 nitrogen and oxygen atoms in total. The van der Waals surface area contributed by atoms with Gasteiger partial charge >= 0.3 is 5.97 Å². The molecule has 21 heavy (non-hydrogen) atoms. The van der Waals surface area contributed by atoms with Crippen LogP contribution in [0.3, 0.4) is 0 Å². The van der Waals surface area contributed by atoms with Crippen molar-refractivity contribution in [3.8, 4) is 0 Å². The molecule has 0 saturated heterocycles. The smallest absolute Gasteiger partial charge is 0.323 e. The monoisotopic (exact) mass is 336 g/mol. The molecule has 0 heterocycles. The van der Waals surface area contributed by atoms with Crippen molar-refractivity contribution in [2.75, 3.05) is 23.7 Å². The lowest BCUT2D eigenvalue weighted by Crippen LogP contribution is -2.33. The standard InChI is InChI=1S/C11H16N2O6S2/c1-3-19-11(14)8-20(15,16)13(2)9-4-6-10(7-5-9)21(12,17)18/h4-7H,3,8H2,1-2H3,(H2,12,17,18).